The van der Waals surface area contributed by atoms with E-state index in [1.165, 1.54) is 60.2 Å². The number of amides is 2. The minimum Gasteiger partial charge on any atom is -0.497 e. The zero-order valence-corrected chi connectivity index (χ0v) is 31.3. The summed E-state index contributed by atoms with van der Waals surface area (Å²) in [6.45, 7) is 0. The number of halogens is 7. The van der Waals surface area contributed by atoms with Crippen molar-refractivity contribution in [3.05, 3.63) is 167 Å². The van der Waals surface area contributed by atoms with Crippen LogP contribution in [0.1, 0.15) is 26.3 Å². The summed E-state index contributed by atoms with van der Waals surface area (Å²) in [6.07, 6.45) is -3.13. The molecule has 0 aliphatic rings. The van der Waals surface area contributed by atoms with Crippen molar-refractivity contribution in [2.24, 2.45) is 0 Å². The number of anilines is 2. The maximum absolute atomic E-state index is 13.8. The number of benzene rings is 5. The van der Waals surface area contributed by atoms with E-state index < -0.39 is 57.9 Å². The van der Waals surface area contributed by atoms with Crippen molar-refractivity contribution in [1.29, 1.82) is 0 Å². The molecule has 2 N–H and O–H groups in total. The third kappa shape index (κ3) is 9.14. The molecule has 0 aliphatic carbocycles. The Morgan fingerprint density at radius 3 is 1.75 bits per heavy atom. The Morgan fingerprint density at radius 1 is 0.593 bits per heavy atom. The van der Waals surface area contributed by atoms with Crippen LogP contribution in [0.4, 0.5) is 42.1 Å². The minimum atomic E-state index is -4.60. The maximum Gasteiger partial charge on any atom is 0.418 e. The molecule has 0 aliphatic heterocycles. The second-order valence-corrected chi connectivity index (χ2v) is 12.6. The van der Waals surface area contributed by atoms with E-state index in [1.807, 2.05) is 6.07 Å². The number of carbonyl (C=O) groups excluding carboxylic acids is 2. The number of hydrogen-bond donors (Lipinski definition) is 2. The van der Waals surface area contributed by atoms with Crippen LogP contribution in [0, 0.1) is 23.3 Å². The number of pyridine rings is 1. The van der Waals surface area contributed by atoms with Gasteiger partial charge < -0.3 is 29.2 Å². The van der Waals surface area contributed by atoms with E-state index >= 15 is 0 Å². The van der Waals surface area contributed by atoms with Crippen molar-refractivity contribution in [2.75, 3.05) is 32.0 Å². The van der Waals surface area contributed by atoms with Crippen LogP contribution in [0.15, 0.2) is 128 Å². The first-order valence-corrected chi connectivity index (χ1v) is 17.4. The standard InChI is InChI=1S/C23H15F5N2O2.C21H17F2NO3/c1-32-16-9-10-30-15(11-16)12-18(23(26,27)28)21(30)13-5-7-14(8-6-13)29-22(31)17-3-2-4-19(24)20(17)25;1-26-15-10-11-19(27-2)16(12-15)13-6-8-14(9-7-13)24-21(25)20-17(22)4-3-5-18(20)23/h2-12H,1H3,(H,29,31);3-12H,1-2H3,(H,24,25). The molecule has 0 bridgehead atoms. The van der Waals surface area contributed by atoms with E-state index in [0.29, 0.717) is 28.5 Å². The Morgan fingerprint density at radius 2 is 1.15 bits per heavy atom. The van der Waals surface area contributed by atoms with E-state index in [-0.39, 0.29) is 16.9 Å². The van der Waals surface area contributed by atoms with Gasteiger partial charge >= 0.3 is 6.18 Å². The van der Waals surface area contributed by atoms with Crippen LogP contribution >= 0.6 is 0 Å². The third-order valence-electron chi connectivity index (χ3n) is 8.95. The second-order valence-electron chi connectivity index (χ2n) is 12.6. The van der Waals surface area contributed by atoms with Gasteiger partial charge in [0.25, 0.3) is 11.8 Å². The van der Waals surface area contributed by atoms with Crippen LogP contribution in [-0.2, 0) is 6.18 Å². The van der Waals surface area contributed by atoms with Gasteiger partial charge in [0.05, 0.1) is 38.2 Å². The molecule has 0 atom stereocenters. The SMILES string of the molecule is COc1ccc(OC)c(-c2ccc(NC(=O)c3c(F)cccc3F)cc2)c1.COc1ccn2c(-c3ccc(NC(=O)c4cccc(F)c4F)cc3)c(C(F)(F)F)cc2c1. The van der Waals surface area contributed by atoms with E-state index in [4.69, 9.17) is 14.2 Å². The number of ether oxygens (including phenoxy) is 3. The van der Waals surface area contributed by atoms with Crippen molar-refractivity contribution >= 4 is 28.7 Å². The molecule has 5 aromatic carbocycles. The van der Waals surface area contributed by atoms with Gasteiger partial charge in [-0.2, -0.15) is 13.2 Å². The number of carbonyl (C=O) groups is 2. The molecule has 8 nitrogen and oxygen atoms in total. The molecule has 15 heteroatoms. The van der Waals surface area contributed by atoms with Gasteiger partial charge in [0.1, 0.15) is 34.4 Å². The topological polar surface area (TPSA) is 90.3 Å². The van der Waals surface area contributed by atoms with Gasteiger partial charge in [-0.3, -0.25) is 9.59 Å². The summed E-state index contributed by atoms with van der Waals surface area (Å²) >= 11 is 0. The molecule has 0 radical (unpaired) electrons. The quantitative estimate of drug-likeness (QED) is 0.142. The Bertz CT molecular complexity index is 2620. The van der Waals surface area contributed by atoms with Crippen LogP contribution in [0.2, 0.25) is 0 Å². The minimum absolute atomic E-state index is 0.0794. The molecule has 2 heterocycles. The predicted molar refractivity (Wildman–Crippen MR) is 208 cm³/mol. The highest BCUT2D eigenvalue weighted by Gasteiger charge is 2.36. The first-order valence-electron chi connectivity index (χ1n) is 17.4. The summed E-state index contributed by atoms with van der Waals surface area (Å²) in [5.74, 6) is -4.24. The molecule has 0 unspecified atom stereocenters. The number of rotatable bonds is 9. The zero-order chi connectivity index (χ0) is 42.4. The van der Waals surface area contributed by atoms with Crippen molar-refractivity contribution in [3.8, 4) is 39.6 Å². The number of nitrogens with one attached hydrogen (secondary N) is 2. The molecule has 302 valence electrons. The molecular formula is C44H32F7N3O5. The number of nitrogens with zero attached hydrogens (tertiary/aromatic N) is 1. The van der Waals surface area contributed by atoms with Gasteiger partial charge in [-0.25, -0.2) is 17.6 Å². The molecule has 2 aromatic heterocycles. The molecule has 0 fully saturated rings. The van der Waals surface area contributed by atoms with Crippen molar-refractivity contribution in [2.45, 2.75) is 6.18 Å². The van der Waals surface area contributed by atoms with Crippen molar-refractivity contribution in [1.82, 2.24) is 4.40 Å². The summed E-state index contributed by atoms with van der Waals surface area (Å²) in [6, 6.07) is 28.4. The van der Waals surface area contributed by atoms with E-state index in [0.717, 1.165) is 41.5 Å². The monoisotopic (exact) mass is 815 g/mol. The van der Waals surface area contributed by atoms with Crippen LogP contribution in [-0.4, -0.2) is 37.5 Å². The highest BCUT2D eigenvalue weighted by Crippen LogP contribution is 2.40. The number of aromatic nitrogens is 1. The fourth-order valence-electron chi connectivity index (χ4n) is 6.07. The Labute approximate surface area is 332 Å². The Hall–Kier alpha value is -7.29. The first-order chi connectivity index (χ1) is 28.2. The van der Waals surface area contributed by atoms with Crippen molar-refractivity contribution in [3.63, 3.8) is 0 Å². The third-order valence-corrected chi connectivity index (χ3v) is 8.95. The molecule has 0 spiro atoms. The smallest absolute Gasteiger partial charge is 0.418 e. The van der Waals surface area contributed by atoms with Crippen LogP contribution < -0.4 is 24.8 Å². The van der Waals surface area contributed by atoms with E-state index in [9.17, 15) is 40.3 Å². The number of alkyl halides is 3. The summed E-state index contributed by atoms with van der Waals surface area (Å²) in [4.78, 5) is 24.4. The normalized spacial score (nSPS) is 11.0. The number of fused-ring (bicyclic) bond motifs is 1. The van der Waals surface area contributed by atoms with Gasteiger partial charge in [-0.1, -0.05) is 36.4 Å². The van der Waals surface area contributed by atoms with Gasteiger partial charge in [-0.05, 0) is 90.0 Å². The van der Waals surface area contributed by atoms with Gasteiger partial charge in [0.2, 0.25) is 0 Å². The van der Waals surface area contributed by atoms with E-state index in [1.54, 1.807) is 56.7 Å². The van der Waals surface area contributed by atoms with Crippen LogP contribution in [0.3, 0.4) is 0 Å². The lowest BCUT2D eigenvalue weighted by molar-refractivity contribution is -0.137. The lowest BCUT2D eigenvalue weighted by Crippen LogP contribution is -2.15. The molecule has 59 heavy (non-hydrogen) atoms. The second kappa shape index (κ2) is 17.5. The molecule has 2 amide bonds. The summed E-state index contributed by atoms with van der Waals surface area (Å²) < 4.78 is 113. The molecule has 0 saturated carbocycles. The fourth-order valence-corrected chi connectivity index (χ4v) is 6.07. The molecule has 0 saturated heterocycles. The van der Waals surface area contributed by atoms with Gasteiger partial charge in [-0.15, -0.1) is 0 Å². The van der Waals surface area contributed by atoms with E-state index in [2.05, 4.69) is 10.6 Å². The van der Waals surface area contributed by atoms with Crippen LogP contribution in [0.5, 0.6) is 17.2 Å². The van der Waals surface area contributed by atoms with Crippen LogP contribution in [0.25, 0.3) is 27.9 Å². The molecule has 7 rings (SSSR count). The van der Waals surface area contributed by atoms with Gasteiger partial charge in [0, 0.05) is 34.7 Å². The lowest BCUT2D eigenvalue weighted by atomic mass is 10.0. The van der Waals surface area contributed by atoms with Crippen molar-refractivity contribution < 1.29 is 54.5 Å². The number of hydrogen-bond acceptors (Lipinski definition) is 5. The highest BCUT2D eigenvalue weighted by atomic mass is 19.4. The fraction of sp³-hybridized carbons (Fsp3) is 0.0909. The van der Waals surface area contributed by atoms with Gasteiger partial charge in [0.15, 0.2) is 11.6 Å². The first kappa shape index (κ1) is 41.3. The summed E-state index contributed by atoms with van der Waals surface area (Å²) in [5, 5.41) is 4.90. The Balaban J connectivity index is 0.000000201. The summed E-state index contributed by atoms with van der Waals surface area (Å²) in [5.41, 5.74) is 0.801. The lowest BCUT2D eigenvalue weighted by Gasteiger charge is -2.12. The Kier molecular flexibility index (Phi) is 12.2. The molecule has 7 aromatic rings. The highest BCUT2D eigenvalue weighted by molar-refractivity contribution is 6.05. The maximum atomic E-state index is 13.8. The largest absolute Gasteiger partial charge is 0.497 e. The average Bonchev–Trinajstić information content (AvgIpc) is 3.62. The molecular weight excluding hydrogens is 783 g/mol. The number of methoxy groups -OCH3 is 3. The average molecular weight is 816 g/mol. The predicted octanol–water partition coefficient (Wildman–Crippen LogP) is 11.1. The zero-order valence-electron chi connectivity index (χ0n) is 31.3. The summed E-state index contributed by atoms with van der Waals surface area (Å²) in [7, 11) is 4.57.